The number of alkyl halides is 1. The van der Waals surface area contributed by atoms with Crippen molar-refractivity contribution in [2.75, 3.05) is 6.67 Å². The molecule has 0 amide bonds. The normalized spacial score (nSPS) is 22.9. The SMILES string of the molecule is CCCC1CCC(c2ccc(CCCCF)cc2)CC1. The summed E-state index contributed by atoms with van der Waals surface area (Å²) < 4.78 is 12.1. The van der Waals surface area contributed by atoms with Crippen LogP contribution in [-0.4, -0.2) is 6.67 Å². The Morgan fingerprint density at radius 3 is 2.30 bits per heavy atom. The molecule has 1 aromatic rings. The van der Waals surface area contributed by atoms with Crippen molar-refractivity contribution in [1.29, 1.82) is 0 Å². The van der Waals surface area contributed by atoms with Crippen LogP contribution in [0.1, 0.15) is 75.3 Å². The summed E-state index contributed by atoms with van der Waals surface area (Å²) in [6, 6.07) is 9.14. The number of hydrogen-bond donors (Lipinski definition) is 0. The average molecular weight is 276 g/mol. The van der Waals surface area contributed by atoms with Gasteiger partial charge < -0.3 is 0 Å². The third-order valence-corrected chi connectivity index (χ3v) is 4.84. The molecule has 20 heavy (non-hydrogen) atoms. The summed E-state index contributed by atoms with van der Waals surface area (Å²) in [5, 5.41) is 0. The van der Waals surface area contributed by atoms with Gasteiger partial charge in [-0.2, -0.15) is 0 Å². The zero-order valence-electron chi connectivity index (χ0n) is 12.9. The van der Waals surface area contributed by atoms with Gasteiger partial charge in [0.1, 0.15) is 0 Å². The predicted octanol–water partition coefficient (Wildman–Crippen LogP) is 6.05. The Kier molecular flexibility index (Phi) is 6.56. The fourth-order valence-corrected chi connectivity index (χ4v) is 3.57. The lowest BCUT2D eigenvalue weighted by Gasteiger charge is -2.28. The third-order valence-electron chi connectivity index (χ3n) is 4.84. The van der Waals surface area contributed by atoms with E-state index in [0.717, 1.165) is 24.7 Å². The third kappa shape index (κ3) is 4.61. The lowest BCUT2D eigenvalue weighted by molar-refractivity contribution is 0.308. The van der Waals surface area contributed by atoms with Crippen LogP contribution in [0.2, 0.25) is 0 Å². The number of aryl methyl sites for hydroxylation is 1. The predicted molar refractivity (Wildman–Crippen MR) is 85.0 cm³/mol. The van der Waals surface area contributed by atoms with Crippen molar-refractivity contribution in [1.82, 2.24) is 0 Å². The van der Waals surface area contributed by atoms with Gasteiger partial charge in [0.05, 0.1) is 6.67 Å². The van der Waals surface area contributed by atoms with Gasteiger partial charge in [-0.3, -0.25) is 4.39 Å². The number of unbranched alkanes of at least 4 members (excludes halogenated alkanes) is 1. The fraction of sp³-hybridized carbons (Fsp3) is 0.684. The molecule has 1 aromatic carbocycles. The van der Waals surface area contributed by atoms with Gasteiger partial charge in [0.15, 0.2) is 0 Å². The van der Waals surface area contributed by atoms with E-state index in [2.05, 4.69) is 31.2 Å². The molecular weight excluding hydrogens is 247 g/mol. The minimum absolute atomic E-state index is 0.181. The molecule has 0 nitrogen and oxygen atoms in total. The Labute approximate surface area is 123 Å². The van der Waals surface area contributed by atoms with Gasteiger partial charge in [-0.05, 0) is 67.9 Å². The average Bonchev–Trinajstić information content (AvgIpc) is 2.49. The van der Waals surface area contributed by atoms with Crippen LogP contribution in [0.25, 0.3) is 0 Å². The van der Waals surface area contributed by atoms with Crippen LogP contribution in [0.15, 0.2) is 24.3 Å². The molecule has 0 aliphatic heterocycles. The molecule has 1 aliphatic carbocycles. The smallest absolute Gasteiger partial charge is 0.0894 e. The van der Waals surface area contributed by atoms with Crippen molar-refractivity contribution >= 4 is 0 Å². The molecular formula is C19H29F. The number of rotatable bonds is 7. The number of benzene rings is 1. The van der Waals surface area contributed by atoms with E-state index in [1.54, 1.807) is 0 Å². The van der Waals surface area contributed by atoms with E-state index in [1.807, 2.05) is 0 Å². The topological polar surface area (TPSA) is 0 Å². The standard InChI is InChI=1S/C19H29F/c1-2-5-16-7-11-18(12-8-16)19-13-9-17(10-14-19)6-3-4-15-20/h9-10,13-14,16,18H,2-8,11-12,15H2,1H3. The van der Waals surface area contributed by atoms with Crippen LogP contribution in [0.3, 0.4) is 0 Å². The van der Waals surface area contributed by atoms with Gasteiger partial charge in [-0.1, -0.05) is 44.0 Å². The van der Waals surface area contributed by atoms with Crippen molar-refractivity contribution in [3.63, 3.8) is 0 Å². The molecule has 0 N–H and O–H groups in total. The summed E-state index contributed by atoms with van der Waals surface area (Å²) in [6.45, 7) is 2.12. The van der Waals surface area contributed by atoms with E-state index in [9.17, 15) is 4.39 Å². The molecule has 0 saturated heterocycles. The number of hydrogen-bond acceptors (Lipinski definition) is 0. The molecule has 0 spiro atoms. The molecule has 0 unspecified atom stereocenters. The Hall–Kier alpha value is -0.850. The van der Waals surface area contributed by atoms with Gasteiger partial charge in [-0.25, -0.2) is 0 Å². The fourth-order valence-electron chi connectivity index (χ4n) is 3.57. The van der Waals surface area contributed by atoms with Gasteiger partial charge >= 0.3 is 0 Å². The van der Waals surface area contributed by atoms with E-state index in [4.69, 9.17) is 0 Å². The first-order valence-corrected chi connectivity index (χ1v) is 8.48. The molecule has 0 heterocycles. The van der Waals surface area contributed by atoms with Crippen molar-refractivity contribution in [3.05, 3.63) is 35.4 Å². The monoisotopic (exact) mass is 276 g/mol. The molecule has 2 rings (SSSR count). The van der Waals surface area contributed by atoms with Crippen LogP contribution < -0.4 is 0 Å². The highest BCUT2D eigenvalue weighted by Gasteiger charge is 2.21. The first-order valence-electron chi connectivity index (χ1n) is 8.48. The Morgan fingerprint density at radius 2 is 1.70 bits per heavy atom. The minimum Gasteiger partial charge on any atom is -0.251 e. The van der Waals surface area contributed by atoms with E-state index >= 15 is 0 Å². The lowest BCUT2D eigenvalue weighted by atomic mass is 9.77. The highest BCUT2D eigenvalue weighted by Crippen LogP contribution is 2.37. The van der Waals surface area contributed by atoms with Crippen molar-refractivity contribution in [3.8, 4) is 0 Å². The largest absolute Gasteiger partial charge is 0.251 e. The van der Waals surface area contributed by atoms with Crippen LogP contribution in [0, 0.1) is 5.92 Å². The van der Waals surface area contributed by atoms with Gasteiger partial charge in [-0.15, -0.1) is 0 Å². The van der Waals surface area contributed by atoms with E-state index in [0.29, 0.717) is 6.42 Å². The Morgan fingerprint density at radius 1 is 1.00 bits per heavy atom. The molecule has 112 valence electrons. The molecule has 0 bridgehead atoms. The zero-order chi connectivity index (χ0) is 14.2. The van der Waals surface area contributed by atoms with Gasteiger partial charge in [0.25, 0.3) is 0 Å². The maximum absolute atomic E-state index is 12.1. The summed E-state index contributed by atoms with van der Waals surface area (Å²) in [4.78, 5) is 0. The van der Waals surface area contributed by atoms with Crippen LogP contribution in [-0.2, 0) is 6.42 Å². The van der Waals surface area contributed by atoms with Crippen LogP contribution in [0.4, 0.5) is 4.39 Å². The maximum atomic E-state index is 12.1. The molecule has 1 fully saturated rings. The van der Waals surface area contributed by atoms with E-state index < -0.39 is 0 Å². The summed E-state index contributed by atoms with van der Waals surface area (Å²) in [5.74, 6) is 1.76. The molecule has 1 heteroatoms. The Balaban J connectivity index is 1.81. The van der Waals surface area contributed by atoms with Crippen molar-refractivity contribution in [2.45, 2.75) is 70.6 Å². The summed E-state index contributed by atoms with van der Waals surface area (Å²) in [5.41, 5.74) is 2.89. The minimum atomic E-state index is -0.181. The quantitative estimate of drug-likeness (QED) is 0.531. The van der Waals surface area contributed by atoms with Gasteiger partial charge in [0.2, 0.25) is 0 Å². The molecule has 1 aliphatic rings. The molecule has 1 saturated carbocycles. The second-order valence-electron chi connectivity index (χ2n) is 6.39. The number of halogens is 1. The lowest BCUT2D eigenvalue weighted by Crippen LogP contribution is -2.13. The van der Waals surface area contributed by atoms with Crippen LogP contribution >= 0.6 is 0 Å². The van der Waals surface area contributed by atoms with Crippen LogP contribution in [0.5, 0.6) is 0 Å². The van der Waals surface area contributed by atoms with E-state index in [1.165, 1.54) is 49.7 Å². The summed E-state index contributed by atoms with van der Waals surface area (Å²) >= 11 is 0. The summed E-state index contributed by atoms with van der Waals surface area (Å²) in [7, 11) is 0. The first kappa shape index (κ1) is 15.5. The maximum Gasteiger partial charge on any atom is 0.0894 e. The van der Waals surface area contributed by atoms with Gasteiger partial charge in [0, 0.05) is 0 Å². The molecule has 0 aromatic heterocycles. The second kappa shape index (κ2) is 8.44. The second-order valence-corrected chi connectivity index (χ2v) is 6.39. The highest BCUT2D eigenvalue weighted by molar-refractivity contribution is 5.25. The summed E-state index contributed by atoms with van der Waals surface area (Å²) in [6.07, 6.45) is 11.0. The first-order chi connectivity index (χ1) is 9.83. The van der Waals surface area contributed by atoms with Crippen molar-refractivity contribution in [2.24, 2.45) is 5.92 Å². The zero-order valence-corrected chi connectivity index (χ0v) is 12.9. The molecule has 0 atom stereocenters. The van der Waals surface area contributed by atoms with Crippen molar-refractivity contribution < 1.29 is 4.39 Å². The highest BCUT2D eigenvalue weighted by atomic mass is 19.1. The molecule has 0 radical (unpaired) electrons. The Bertz CT molecular complexity index is 360. The van der Waals surface area contributed by atoms with E-state index in [-0.39, 0.29) is 6.67 Å².